The van der Waals surface area contributed by atoms with Crippen LogP contribution in [0.15, 0.2) is 64.0 Å². The molecule has 0 unspecified atom stereocenters. The summed E-state index contributed by atoms with van der Waals surface area (Å²) in [4.78, 5) is 0.146. The van der Waals surface area contributed by atoms with E-state index in [4.69, 9.17) is 9.05 Å². The van der Waals surface area contributed by atoms with Gasteiger partial charge in [-0.15, -0.1) is 0 Å². The number of para-hydroxylation sites is 1. The van der Waals surface area contributed by atoms with Crippen LogP contribution in [0, 0.1) is 0 Å². The van der Waals surface area contributed by atoms with Crippen molar-refractivity contribution in [2.24, 2.45) is 0 Å². The summed E-state index contributed by atoms with van der Waals surface area (Å²) in [5.74, 6) is 0. The number of hydrogen-bond donors (Lipinski definition) is 0. The Balaban J connectivity index is 2.28. The van der Waals surface area contributed by atoms with Gasteiger partial charge in [0.05, 0.1) is 35.5 Å². The van der Waals surface area contributed by atoms with Gasteiger partial charge in [-0.3, -0.25) is 4.57 Å². The van der Waals surface area contributed by atoms with Crippen LogP contribution >= 0.6 is 23.5 Å². The molecule has 0 aliphatic heterocycles. The maximum absolute atomic E-state index is 13.5. The Morgan fingerprint density at radius 2 is 1.54 bits per heavy atom. The van der Waals surface area contributed by atoms with Crippen LogP contribution < -0.4 is 0 Å². The fraction of sp³-hybridized carbons (Fsp3) is 0.263. The van der Waals surface area contributed by atoms with Crippen LogP contribution in [-0.4, -0.2) is 25.6 Å². The molecule has 1 heterocycles. The van der Waals surface area contributed by atoms with Crippen molar-refractivity contribution in [3.8, 4) is 0 Å². The second-order valence-corrected chi connectivity index (χ2v) is 10.6. The van der Waals surface area contributed by atoms with Gasteiger partial charge < -0.3 is 9.05 Å². The summed E-state index contributed by atoms with van der Waals surface area (Å²) in [5.41, 5.74) is 0.822. The third-order valence-corrected chi connectivity index (χ3v) is 8.77. The van der Waals surface area contributed by atoms with E-state index in [1.165, 1.54) is 16.1 Å². The quantitative estimate of drug-likeness (QED) is 0.399. The first-order valence-electron chi connectivity index (χ1n) is 8.80. The largest absolute Gasteiger partial charge is 0.336 e. The van der Waals surface area contributed by atoms with E-state index < -0.39 is 17.6 Å². The van der Waals surface area contributed by atoms with Crippen molar-refractivity contribution >= 4 is 44.5 Å². The lowest BCUT2D eigenvalue weighted by Crippen LogP contribution is -2.16. The van der Waals surface area contributed by atoms with Crippen LogP contribution in [0.25, 0.3) is 10.9 Å². The van der Waals surface area contributed by atoms with Crippen molar-refractivity contribution in [2.45, 2.75) is 24.9 Å². The molecule has 0 radical (unpaired) electrons. The Bertz CT molecular complexity index is 1120. The van der Waals surface area contributed by atoms with Gasteiger partial charge in [-0.2, -0.15) is 0 Å². The molecule has 9 heteroatoms. The van der Waals surface area contributed by atoms with Crippen molar-refractivity contribution in [2.75, 3.05) is 13.2 Å². The lowest BCUT2D eigenvalue weighted by Gasteiger charge is -2.19. The lowest BCUT2D eigenvalue weighted by molar-refractivity contribution is 0.219. The van der Waals surface area contributed by atoms with E-state index in [0.29, 0.717) is 21.1 Å². The number of aromatic nitrogens is 1. The molecule has 0 aliphatic rings. The number of fused-ring (bicyclic) bond motifs is 1. The standard InChI is InChI=1S/C19H21BrNO5PS/c1-3-25-27(22,26-4-2)14-18-19(20)16-12-8-9-13-17(16)21(18)28(23,24)15-10-6-5-7-11-15/h5-13H,3-4,14H2,1-2H3. The van der Waals surface area contributed by atoms with E-state index in [1.54, 1.807) is 44.2 Å². The van der Waals surface area contributed by atoms with Gasteiger partial charge in [0.2, 0.25) is 0 Å². The molecule has 0 saturated carbocycles. The van der Waals surface area contributed by atoms with Crippen molar-refractivity contribution in [1.82, 2.24) is 3.97 Å². The zero-order chi connectivity index (χ0) is 20.4. The Morgan fingerprint density at radius 3 is 2.14 bits per heavy atom. The first kappa shape index (κ1) is 21.3. The molecule has 150 valence electrons. The molecule has 2 aromatic carbocycles. The highest BCUT2D eigenvalue weighted by Crippen LogP contribution is 2.53. The van der Waals surface area contributed by atoms with Gasteiger partial charge in [-0.25, -0.2) is 12.4 Å². The highest BCUT2D eigenvalue weighted by molar-refractivity contribution is 9.10. The molecule has 0 saturated heterocycles. The zero-order valence-corrected chi connectivity index (χ0v) is 18.8. The topological polar surface area (TPSA) is 74.6 Å². The molecule has 3 aromatic rings. The predicted molar refractivity (Wildman–Crippen MR) is 113 cm³/mol. The van der Waals surface area contributed by atoms with Gasteiger partial charge in [0, 0.05) is 9.86 Å². The van der Waals surface area contributed by atoms with E-state index >= 15 is 0 Å². The molecule has 3 rings (SSSR count). The minimum absolute atomic E-state index is 0.146. The van der Waals surface area contributed by atoms with Gasteiger partial charge in [0.25, 0.3) is 10.0 Å². The summed E-state index contributed by atoms with van der Waals surface area (Å²) in [5, 5.41) is 0.705. The van der Waals surface area contributed by atoms with Crippen LogP contribution in [0.2, 0.25) is 0 Å². The number of halogens is 1. The molecule has 0 amide bonds. The maximum atomic E-state index is 13.5. The lowest BCUT2D eigenvalue weighted by atomic mass is 10.2. The molecule has 0 aliphatic carbocycles. The maximum Gasteiger partial charge on any atom is 0.336 e. The minimum Gasteiger partial charge on any atom is -0.309 e. The molecule has 0 N–H and O–H groups in total. The normalized spacial score (nSPS) is 12.5. The Morgan fingerprint density at radius 1 is 0.964 bits per heavy atom. The van der Waals surface area contributed by atoms with Crippen LogP contribution in [-0.2, 0) is 29.8 Å². The van der Waals surface area contributed by atoms with Gasteiger partial charge in [0.1, 0.15) is 0 Å². The molecule has 0 bridgehead atoms. The summed E-state index contributed by atoms with van der Waals surface area (Å²) in [7, 11) is -7.45. The van der Waals surface area contributed by atoms with Crippen LogP contribution in [0.1, 0.15) is 19.5 Å². The summed E-state index contributed by atoms with van der Waals surface area (Å²) in [6, 6.07) is 15.3. The number of rotatable bonds is 8. The molecule has 0 atom stereocenters. The predicted octanol–water partition coefficient (Wildman–Crippen LogP) is 5.41. The summed E-state index contributed by atoms with van der Waals surface area (Å²) >= 11 is 3.51. The Hall–Kier alpha value is -1.44. The highest BCUT2D eigenvalue weighted by atomic mass is 79.9. The first-order chi connectivity index (χ1) is 13.3. The Labute approximate surface area is 173 Å². The van der Waals surface area contributed by atoms with Crippen LogP contribution in [0.3, 0.4) is 0 Å². The Kier molecular flexibility index (Phi) is 6.47. The van der Waals surface area contributed by atoms with Crippen molar-refractivity contribution in [1.29, 1.82) is 0 Å². The second kappa shape index (κ2) is 8.51. The third kappa shape index (κ3) is 3.98. The molecule has 0 spiro atoms. The fourth-order valence-corrected chi connectivity index (χ4v) is 7.41. The summed E-state index contributed by atoms with van der Waals surface area (Å²) < 4.78 is 52.7. The van der Waals surface area contributed by atoms with E-state index in [2.05, 4.69) is 15.9 Å². The van der Waals surface area contributed by atoms with E-state index in [9.17, 15) is 13.0 Å². The van der Waals surface area contributed by atoms with Crippen LogP contribution in [0.5, 0.6) is 0 Å². The summed E-state index contributed by atoms with van der Waals surface area (Å²) in [6.07, 6.45) is -0.171. The van der Waals surface area contributed by atoms with Gasteiger partial charge in [0.15, 0.2) is 0 Å². The number of benzene rings is 2. The molecule has 1 aromatic heterocycles. The van der Waals surface area contributed by atoms with E-state index in [0.717, 1.165) is 0 Å². The monoisotopic (exact) mass is 485 g/mol. The number of nitrogens with zero attached hydrogens (tertiary/aromatic N) is 1. The second-order valence-electron chi connectivity index (χ2n) is 5.96. The van der Waals surface area contributed by atoms with Gasteiger partial charge in [-0.1, -0.05) is 36.4 Å². The molecular weight excluding hydrogens is 465 g/mol. The molecule has 0 fully saturated rings. The van der Waals surface area contributed by atoms with Crippen molar-refractivity contribution in [3.05, 3.63) is 64.8 Å². The third-order valence-electron chi connectivity index (χ3n) is 4.13. The zero-order valence-electron chi connectivity index (χ0n) is 15.5. The fourth-order valence-electron chi connectivity index (χ4n) is 3.04. The van der Waals surface area contributed by atoms with E-state index in [1.807, 2.05) is 12.1 Å². The molecular formula is C19H21BrNO5PS. The van der Waals surface area contributed by atoms with E-state index in [-0.39, 0.29) is 24.3 Å². The van der Waals surface area contributed by atoms with Crippen LogP contribution in [0.4, 0.5) is 0 Å². The average Bonchev–Trinajstić information content (AvgIpc) is 2.95. The average molecular weight is 486 g/mol. The minimum atomic E-state index is -3.92. The smallest absolute Gasteiger partial charge is 0.309 e. The van der Waals surface area contributed by atoms with Crippen molar-refractivity contribution in [3.63, 3.8) is 0 Å². The molecule has 28 heavy (non-hydrogen) atoms. The molecule has 6 nitrogen and oxygen atoms in total. The van der Waals surface area contributed by atoms with Gasteiger partial charge >= 0.3 is 7.60 Å². The number of hydrogen-bond acceptors (Lipinski definition) is 5. The highest BCUT2D eigenvalue weighted by Gasteiger charge is 2.33. The first-order valence-corrected chi connectivity index (χ1v) is 12.8. The summed E-state index contributed by atoms with van der Waals surface area (Å²) in [6.45, 7) is 3.83. The SMILES string of the molecule is CCOP(=O)(Cc1c(Br)c2ccccc2n1S(=O)(=O)c1ccccc1)OCC. The van der Waals surface area contributed by atoms with Gasteiger partial charge in [-0.05, 0) is 48.0 Å². The van der Waals surface area contributed by atoms with Crippen molar-refractivity contribution < 1.29 is 22.0 Å².